The number of oxazole rings is 1. The molecule has 0 bridgehead atoms. The summed E-state index contributed by atoms with van der Waals surface area (Å²) in [6.07, 6.45) is 0. The Labute approximate surface area is 193 Å². The molecule has 3 aromatic rings. The van der Waals surface area contributed by atoms with Gasteiger partial charge in [0.2, 0.25) is 11.8 Å². The van der Waals surface area contributed by atoms with E-state index in [1.54, 1.807) is 12.1 Å². The fraction of sp³-hybridized carbons (Fsp3) is 0.318. The number of aromatic nitrogens is 1. The van der Waals surface area contributed by atoms with E-state index in [0.29, 0.717) is 18.9 Å². The Bertz CT molecular complexity index is 1280. The summed E-state index contributed by atoms with van der Waals surface area (Å²) in [5.74, 6) is -1.71. The van der Waals surface area contributed by atoms with Crippen LogP contribution in [0, 0.1) is 10.1 Å². The van der Waals surface area contributed by atoms with Crippen molar-refractivity contribution in [3.05, 3.63) is 63.1 Å². The van der Waals surface area contributed by atoms with Crippen LogP contribution < -0.4 is 16.0 Å². The Kier molecular flexibility index (Phi) is 6.59. The predicted octanol–water partition coefficient (Wildman–Crippen LogP) is 1.44. The van der Waals surface area contributed by atoms with Gasteiger partial charge in [0.15, 0.2) is 5.58 Å². The van der Waals surface area contributed by atoms with Crippen molar-refractivity contribution in [3.8, 4) is 0 Å². The molecular formula is C22H23N5O7. The number of nitrogens with one attached hydrogen (secondary N) is 1. The van der Waals surface area contributed by atoms with Crippen molar-refractivity contribution in [1.82, 2.24) is 9.47 Å². The number of nitro benzene ring substituents is 1. The number of hydrogen-bond acceptors (Lipinski definition) is 8. The number of hydrogen-bond donors (Lipinski definition) is 1. The van der Waals surface area contributed by atoms with Gasteiger partial charge in [-0.25, -0.2) is 4.79 Å². The molecule has 1 aliphatic heterocycles. The van der Waals surface area contributed by atoms with E-state index in [2.05, 4.69) is 10.2 Å². The molecule has 1 N–H and O–H groups in total. The number of amides is 2. The number of carbonyl (C=O) groups is 2. The van der Waals surface area contributed by atoms with Gasteiger partial charge in [0.1, 0.15) is 6.54 Å². The second kappa shape index (κ2) is 9.75. The Morgan fingerprint density at radius 3 is 2.53 bits per heavy atom. The first kappa shape index (κ1) is 23.0. The van der Waals surface area contributed by atoms with E-state index in [0.717, 1.165) is 29.4 Å². The summed E-state index contributed by atoms with van der Waals surface area (Å²) < 4.78 is 11.4. The number of fused-ring (bicyclic) bond motifs is 1. The second-order valence-electron chi connectivity index (χ2n) is 7.81. The number of anilines is 2. The zero-order valence-corrected chi connectivity index (χ0v) is 18.4. The monoisotopic (exact) mass is 469 g/mol. The molecule has 0 unspecified atom stereocenters. The first-order valence-corrected chi connectivity index (χ1v) is 10.6. The zero-order valence-electron chi connectivity index (χ0n) is 18.4. The molecule has 1 fully saturated rings. The molecule has 2 aromatic carbocycles. The molecule has 34 heavy (non-hydrogen) atoms. The van der Waals surface area contributed by atoms with Crippen LogP contribution in [0.1, 0.15) is 0 Å². The molecule has 0 saturated carbocycles. The van der Waals surface area contributed by atoms with E-state index in [-0.39, 0.29) is 29.9 Å². The van der Waals surface area contributed by atoms with Crippen molar-refractivity contribution in [3.63, 3.8) is 0 Å². The highest BCUT2D eigenvalue weighted by Gasteiger charge is 2.19. The van der Waals surface area contributed by atoms with Gasteiger partial charge >= 0.3 is 5.76 Å². The lowest BCUT2D eigenvalue weighted by Gasteiger charge is -2.28. The smallest absolute Gasteiger partial charge is 0.407 e. The minimum Gasteiger partial charge on any atom is -0.407 e. The third kappa shape index (κ3) is 5.07. The zero-order chi connectivity index (χ0) is 24.2. The highest BCUT2D eigenvalue weighted by molar-refractivity contribution is 5.94. The number of nitrogens with zero attached hydrogens (tertiary/aromatic N) is 4. The minimum atomic E-state index is -0.818. The van der Waals surface area contributed by atoms with E-state index < -0.39 is 22.5 Å². The van der Waals surface area contributed by atoms with Crippen molar-refractivity contribution in [1.29, 1.82) is 0 Å². The van der Waals surface area contributed by atoms with Crippen molar-refractivity contribution < 1.29 is 23.7 Å². The Balaban J connectivity index is 1.35. The maximum Gasteiger partial charge on any atom is 0.420 e. The van der Waals surface area contributed by atoms with Gasteiger partial charge in [0, 0.05) is 37.6 Å². The number of morpholine rings is 1. The summed E-state index contributed by atoms with van der Waals surface area (Å²) >= 11 is 0. The molecule has 4 rings (SSSR count). The maximum absolute atomic E-state index is 12.6. The van der Waals surface area contributed by atoms with Gasteiger partial charge in [-0.15, -0.1) is 0 Å². The van der Waals surface area contributed by atoms with Crippen LogP contribution in [0.25, 0.3) is 11.1 Å². The molecule has 0 atom stereocenters. The molecule has 1 saturated heterocycles. The molecule has 1 aromatic heterocycles. The van der Waals surface area contributed by atoms with Gasteiger partial charge in [-0.1, -0.05) is 0 Å². The molecule has 12 nitrogen and oxygen atoms in total. The van der Waals surface area contributed by atoms with Crippen LogP contribution in [-0.4, -0.2) is 66.1 Å². The van der Waals surface area contributed by atoms with Crippen molar-refractivity contribution >= 4 is 40.0 Å². The van der Waals surface area contributed by atoms with E-state index in [9.17, 15) is 24.5 Å². The average Bonchev–Trinajstić information content (AvgIpc) is 3.14. The normalized spacial score (nSPS) is 13.6. The van der Waals surface area contributed by atoms with Crippen molar-refractivity contribution in [2.24, 2.45) is 0 Å². The molecule has 12 heteroatoms. The molecule has 2 amide bonds. The summed E-state index contributed by atoms with van der Waals surface area (Å²) in [4.78, 5) is 50.9. The van der Waals surface area contributed by atoms with Crippen molar-refractivity contribution in [2.75, 3.05) is 50.1 Å². The number of carbonyl (C=O) groups excluding carboxylic acids is 2. The summed E-state index contributed by atoms with van der Waals surface area (Å²) in [5, 5.41) is 13.6. The number of ether oxygens (including phenoxy) is 1. The topological polar surface area (TPSA) is 140 Å². The van der Waals surface area contributed by atoms with Crippen LogP contribution in [0.2, 0.25) is 0 Å². The first-order valence-electron chi connectivity index (χ1n) is 10.6. The summed E-state index contributed by atoms with van der Waals surface area (Å²) in [7, 11) is 1.45. The first-order chi connectivity index (χ1) is 16.3. The molecule has 0 radical (unpaired) electrons. The molecule has 178 valence electrons. The molecule has 0 aliphatic carbocycles. The second-order valence-corrected chi connectivity index (χ2v) is 7.81. The highest BCUT2D eigenvalue weighted by Crippen LogP contribution is 2.21. The lowest BCUT2D eigenvalue weighted by atomic mass is 10.2. The lowest BCUT2D eigenvalue weighted by Crippen LogP contribution is -2.38. The third-order valence-electron chi connectivity index (χ3n) is 5.49. The van der Waals surface area contributed by atoms with E-state index in [1.165, 1.54) is 24.1 Å². The van der Waals surface area contributed by atoms with Gasteiger partial charge in [0.05, 0.1) is 36.3 Å². The largest absolute Gasteiger partial charge is 0.420 e. The Morgan fingerprint density at radius 2 is 1.85 bits per heavy atom. The summed E-state index contributed by atoms with van der Waals surface area (Å²) in [5.41, 5.74) is 1.67. The van der Waals surface area contributed by atoms with Gasteiger partial charge < -0.3 is 24.3 Å². The van der Waals surface area contributed by atoms with Crippen LogP contribution in [0.4, 0.5) is 17.1 Å². The lowest BCUT2D eigenvalue weighted by molar-refractivity contribution is -0.384. The fourth-order valence-corrected chi connectivity index (χ4v) is 3.66. The SMILES string of the molecule is CN(CC(=O)Nc1ccc(N2CCOCC2)cc1)C(=O)Cn1c(=O)oc2cc([N+](=O)[O-])ccc21. The molecule has 2 heterocycles. The van der Waals surface area contributed by atoms with Crippen LogP contribution in [0.3, 0.4) is 0 Å². The maximum atomic E-state index is 12.6. The van der Waals surface area contributed by atoms with Gasteiger partial charge in [-0.3, -0.25) is 24.3 Å². The fourth-order valence-electron chi connectivity index (χ4n) is 3.66. The van der Waals surface area contributed by atoms with E-state index in [1.807, 2.05) is 12.1 Å². The van der Waals surface area contributed by atoms with Gasteiger partial charge in [0.25, 0.3) is 5.69 Å². The standard InChI is InChI=1S/C22H23N5O7/c1-24(13-20(28)23-15-2-4-16(5-3-15)25-8-10-33-11-9-25)21(29)14-26-18-7-6-17(27(31)32)12-19(18)34-22(26)30/h2-7,12H,8-11,13-14H2,1H3,(H,23,28). The van der Waals surface area contributed by atoms with E-state index >= 15 is 0 Å². The van der Waals surface area contributed by atoms with Gasteiger partial charge in [-0.05, 0) is 30.3 Å². The van der Waals surface area contributed by atoms with Crippen LogP contribution in [-0.2, 0) is 20.9 Å². The third-order valence-corrected chi connectivity index (χ3v) is 5.49. The highest BCUT2D eigenvalue weighted by atomic mass is 16.6. The van der Waals surface area contributed by atoms with Crippen molar-refractivity contribution in [2.45, 2.75) is 6.54 Å². The quantitative estimate of drug-likeness (QED) is 0.405. The number of likely N-dealkylation sites (N-methyl/N-ethyl adjacent to an activating group) is 1. The van der Waals surface area contributed by atoms with Gasteiger partial charge in [-0.2, -0.15) is 0 Å². The molecule has 0 spiro atoms. The Morgan fingerprint density at radius 1 is 1.15 bits per heavy atom. The Hall–Kier alpha value is -4.19. The van der Waals surface area contributed by atoms with Crippen LogP contribution in [0.15, 0.2) is 51.7 Å². The number of non-ortho nitro benzene ring substituents is 1. The molecule has 1 aliphatic rings. The number of rotatable bonds is 7. The van der Waals surface area contributed by atoms with Crippen LogP contribution >= 0.6 is 0 Å². The predicted molar refractivity (Wildman–Crippen MR) is 123 cm³/mol. The number of benzene rings is 2. The van der Waals surface area contributed by atoms with E-state index in [4.69, 9.17) is 9.15 Å². The minimum absolute atomic E-state index is 0.00734. The summed E-state index contributed by atoms with van der Waals surface area (Å²) in [6.45, 7) is 2.38. The van der Waals surface area contributed by atoms with Crippen LogP contribution in [0.5, 0.6) is 0 Å². The summed E-state index contributed by atoms with van der Waals surface area (Å²) in [6, 6.07) is 11.1. The number of nitro groups is 1. The average molecular weight is 469 g/mol. The molecular weight excluding hydrogens is 446 g/mol.